The molecule has 0 spiro atoms. The molecular formula is C10H16N4O5. The highest BCUT2D eigenvalue weighted by molar-refractivity contribution is 5.82. The van der Waals surface area contributed by atoms with E-state index in [0.717, 1.165) is 0 Å². The number of amides is 2. The number of aliphatic carboxylic acids is 1. The van der Waals surface area contributed by atoms with E-state index in [4.69, 9.17) is 9.63 Å². The van der Waals surface area contributed by atoms with Crippen LogP contribution in [-0.2, 0) is 16.0 Å². The number of methoxy groups -OCH3 is 1. The summed E-state index contributed by atoms with van der Waals surface area (Å²) in [6.07, 6.45) is 0.371. The molecule has 0 radical (unpaired) electrons. The van der Waals surface area contributed by atoms with E-state index in [1.165, 1.54) is 7.11 Å². The third-order valence-corrected chi connectivity index (χ3v) is 2.13. The van der Waals surface area contributed by atoms with E-state index >= 15 is 0 Å². The van der Waals surface area contributed by atoms with Crippen molar-refractivity contribution in [3.05, 3.63) is 11.7 Å². The maximum atomic E-state index is 11.4. The van der Waals surface area contributed by atoms with Crippen molar-refractivity contribution in [2.24, 2.45) is 0 Å². The Morgan fingerprint density at radius 1 is 1.53 bits per heavy atom. The van der Waals surface area contributed by atoms with Gasteiger partial charge in [-0.2, -0.15) is 4.98 Å². The van der Waals surface area contributed by atoms with Gasteiger partial charge in [-0.05, 0) is 6.92 Å². The molecule has 0 bridgehead atoms. The van der Waals surface area contributed by atoms with Crippen molar-refractivity contribution in [2.45, 2.75) is 19.4 Å². The van der Waals surface area contributed by atoms with Crippen LogP contribution in [0.2, 0.25) is 0 Å². The minimum absolute atomic E-state index is 0.106. The largest absolute Gasteiger partial charge is 0.480 e. The van der Waals surface area contributed by atoms with E-state index in [-0.39, 0.29) is 13.2 Å². The SMILES string of the molecule is COCC(NC(=O)NCCc1nc(C)no1)C(=O)O. The Balaban J connectivity index is 2.28. The van der Waals surface area contributed by atoms with Gasteiger partial charge in [0.2, 0.25) is 5.89 Å². The summed E-state index contributed by atoms with van der Waals surface area (Å²) in [5, 5.41) is 17.2. The van der Waals surface area contributed by atoms with Crippen molar-refractivity contribution in [1.29, 1.82) is 0 Å². The van der Waals surface area contributed by atoms with Crippen LogP contribution in [0.4, 0.5) is 4.79 Å². The molecule has 0 aromatic carbocycles. The number of hydrogen-bond donors (Lipinski definition) is 3. The smallest absolute Gasteiger partial charge is 0.328 e. The zero-order chi connectivity index (χ0) is 14.3. The number of ether oxygens (including phenoxy) is 1. The summed E-state index contributed by atoms with van der Waals surface area (Å²) in [6.45, 7) is 1.84. The third kappa shape index (κ3) is 5.34. The fourth-order valence-electron chi connectivity index (χ4n) is 1.28. The lowest BCUT2D eigenvalue weighted by molar-refractivity contribution is -0.140. The van der Waals surface area contributed by atoms with Crippen molar-refractivity contribution in [3.8, 4) is 0 Å². The molecule has 9 nitrogen and oxygen atoms in total. The lowest BCUT2D eigenvalue weighted by Crippen LogP contribution is -2.48. The summed E-state index contributed by atoms with van der Waals surface area (Å²) in [4.78, 5) is 26.2. The molecule has 0 aliphatic heterocycles. The number of carbonyl (C=O) groups excluding carboxylic acids is 1. The minimum atomic E-state index is -1.16. The average Bonchev–Trinajstić information content (AvgIpc) is 2.74. The molecule has 0 fully saturated rings. The number of hydrogen-bond acceptors (Lipinski definition) is 6. The Labute approximate surface area is 109 Å². The fourth-order valence-corrected chi connectivity index (χ4v) is 1.28. The summed E-state index contributed by atoms with van der Waals surface area (Å²) >= 11 is 0. The molecule has 1 rings (SSSR count). The zero-order valence-electron chi connectivity index (χ0n) is 10.7. The Bertz CT molecular complexity index is 433. The van der Waals surface area contributed by atoms with Gasteiger partial charge in [0.25, 0.3) is 0 Å². The minimum Gasteiger partial charge on any atom is -0.480 e. The first kappa shape index (κ1) is 14.9. The van der Waals surface area contributed by atoms with E-state index in [0.29, 0.717) is 18.1 Å². The standard InChI is InChI=1S/C10H16N4O5/c1-6-12-8(19-14-6)3-4-11-10(17)13-7(5-18-2)9(15)16/h7H,3-5H2,1-2H3,(H,15,16)(H2,11,13,17). The summed E-state index contributed by atoms with van der Waals surface area (Å²) in [7, 11) is 1.35. The van der Waals surface area contributed by atoms with E-state index in [9.17, 15) is 9.59 Å². The second-order valence-corrected chi connectivity index (χ2v) is 3.73. The van der Waals surface area contributed by atoms with Crippen LogP contribution >= 0.6 is 0 Å². The number of nitrogens with zero attached hydrogens (tertiary/aromatic N) is 2. The molecule has 0 aliphatic carbocycles. The molecule has 1 aromatic rings. The molecule has 3 N–H and O–H groups in total. The van der Waals surface area contributed by atoms with Gasteiger partial charge in [-0.25, -0.2) is 9.59 Å². The highest BCUT2D eigenvalue weighted by Gasteiger charge is 2.19. The predicted molar refractivity (Wildman–Crippen MR) is 62.6 cm³/mol. The van der Waals surface area contributed by atoms with Crippen LogP contribution in [0.15, 0.2) is 4.52 Å². The summed E-state index contributed by atoms with van der Waals surface area (Å²) in [6, 6.07) is -1.68. The van der Waals surface area contributed by atoms with E-state index in [1.54, 1.807) is 6.92 Å². The maximum Gasteiger partial charge on any atom is 0.328 e. The first-order valence-corrected chi connectivity index (χ1v) is 5.58. The van der Waals surface area contributed by atoms with E-state index in [1.807, 2.05) is 0 Å². The number of carboxylic acids is 1. The molecule has 0 saturated carbocycles. The summed E-state index contributed by atoms with van der Waals surface area (Å²) in [5.74, 6) is -0.237. The Kier molecular flexibility index (Phi) is 5.73. The number of urea groups is 1. The molecule has 9 heteroatoms. The zero-order valence-corrected chi connectivity index (χ0v) is 10.7. The summed E-state index contributed by atoms with van der Waals surface area (Å²) in [5.41, 5.74) is 0. The lowest BCUT2D eigenvalue weighted by Gasteiger charge is -2.13. The fraction of sp³-hybridized carbons (Fsp3) is 0.600. The predicted octanol–water partition coefficient (Wildman–Crippen LogP) is -0.681. The molecule has 1 atom stereocenters. The molecule has 1 heterocycles. The van der Waals surface area contributed by atoms with Crippen LogP contribution in [-0.4, -0.2) is 53.6 Å². The molecule has 2 amide bonds. The van der Waals surface area contributed by atoms with Gasteiger partial charge in [0.15, 0.2) is 11.9 Å². The molecular weight excluding hydrogens is 256 g/mol. The topological polar surface area (TPSA) is 127 Å². The number of carbonyl (C=O) groups is 2. The van der Waals surface area contributed by atoms with Crippen LogP contribution in [0.25, 0.3) is 0 Å². The lowest BCUT2D eigenvalue weighted by atomic mass is 10.3. The summed E-state index contributed by atoms with van der Waals surface area (Å²) < 4.78 is 9.54. The van der Waals surface area contributed by atoms with Gasteiger partial charge in [0.05, 0.1) is 6.61 Å². The number of carboxylic acid groups (broad SMARTS) is 1. The molecule has 106 valence electrons. The number of aromatic nitrogens is 2. The Morgan fingerprint density at radius 2 is 2.26 bits per heavy atom. The molecule has 19 heavy (non-hydrogen) atoms. The number of aryl methyl sites for hydroxylation is 1. The number of nitrogens with one attached hydrogen (secondary N) is 2. The van der Waals surface area contributed by atoms with Gasteiger partial charge >= 0.3 is 12.0 Å². The molecule has 1 unspecified atom stereocenters. The molecule has 0 aliphatic rings. The van der Waals surface area contributed by atoms with E-state index < -0.39 is 18.0 Å². The quantitative estimate of drug-likeness (QED) is 0.600. The monoisotopic (exact) mass is 272 g/mol. The van der Waals surface area contributed by atoms with Crippen LogP contribution in [0.3, 0.4) is 0 Å². The van der Waals surface area contributed by atoms with Crippen molar-refractivity contribution in [3.63, 3.8) is 0 Å². The second-order valence-electron chi connectivity index (χ2n) is 3.73. The van der Waals surface area contributed by atoms with Gasteiger partial charge in [0.1, 0.15) is 0 Å². The Hall–Kier alpha value is -2.16. The van der Waals surface area contributed by atoms with Crippen LogP contribution in [0, 0.1) is 6.92 Å². The van der Waals surface area contributed by atoms with Gasteiger partial charge in [-0.15, -0.1) is 0 Å². The van der Waals surface area contributed by atoms with Crippen LogP contribution < -0.4 is 10.6 Å². The van der Waals surface area contributed by atoms with Gasteiger partial charge in [0, 0.05) is 20.1 Å². The van der Waals surface area contributed by atoms with Crippen molar-refractivity contribution >= 4 is 12.0 Å². The highest BCUT2D eigenvalue weighted by atomic mass is 16.5. The first-order chi connectivity index (χ1) is 9.02. The maximum absolute atomic E-state index is 11.4. The van der Waals surface area contributed by atoms with Crippen molar-refractivity contribution in [1.82, 2.24) is 20.8 Å². The van der Waals surface area contributed by atoms with Crippen molar-refractivity contribution in [2.75, 3.05) is 20.3 Å². The van der Waals surface area contributed by atoms with Crippen LogP contribution in [0.1, 0.15) is 11.7 Å². The average molecular weight is 272 g/mol. The van der Waals surface area contributed by atoms with Gasteiger partial charge < -0.3 is 25.0 Å². The highest BCUT2D eigenvalue weighted by Crippen LogP contribution is 1.95. The first-order valence-electron chi connectivity index (χ1n) is 5.58. The molecule has 0 saturated heterocycles. The Morgan fingerprint density at radius 3 is 2.79 bits per heavy atom. The van der Waals surface area contributed by atoms with Gasteiger partial charge in [-0.3, -0.25) is 0 Å². The van der Waals surface area contributed by atoms with Crippen molar-refractivity contribution < 1.29 is 24.0 Å². The normalized spacial score (nSPS) is 11.9. The van der Waals surface area contributed by atoms with E-state index in [2.05, 4.69) is 25.5 Å². The third-order valence-electron chi connectivity index (χ3n) is 2.13. The molecule has 1 aromatic heterocycles. The second kappa shape index (κ2) is 7.31. The number of rotatable bonds is 7. The van der Waals surface area contributed by atoms with Crippen LogP contribution in [0.5, 0.6) is 0 Å². The van der Waals surface area contributed by atoms with Gasteiger partial charge in [-0.1, -0.05) is 5.16 Å².